The Kier molecular flexibility index (Phi) is 7.52. The molecule has 21 heavy (non-hydrogen) atoms. The Morgan fingerprint density at radius 3 is 2.71 bits per heavy atom. The number of nitrogens with one attached hydrogen (secondary N) is 2. The van der Waals surface area contributed by atoms with E-state index < -0.39 is 11.8 Å². The van der Waals surface area contributed by atoms with E-state index in [0.717, 1.165) is 0 Å². The summed E-state index contributed by atoms with van der Waals surface area (Å²) in [6.45, 7) is 0.893. The second-order valence-corrected chi connectivity index (χ2v) is 4.04. The first kappa shape index (κ1) is 16.6. The van der Waals surface area contributed by atoms with Crippen LogP contribution >= 0.6 is 0 Å². The molecule has 1 rings (SSSR count). The molecule has 114 valence electrons. The lowest BCUT2D eigenvalue weighted by atomic mass is 10.2. The smallest absolute Gasteiger partial charge is 0.329 e. The zero-order valence-electron chi connectivity index (χ0n) is 12.1. The van der Waals surface area contributed by atoms with Gasteiger partial charge in [-0.25, -0.2) is 5.43 Å². The van der Waals surface area contributed by atoms with Crippen molar-refractivity contribution >= 4 is 18.0 Å². The van der Waals surface area contributed by atoms with Crippen LogP contribution < -0.4 is 15.5 Å². The van der Waals surface area contributed by atoms with E-state index in [9.17, 15) is 9.59 Å². The number of carbonyl (C=O) groups is 2. The van der Waals surface area contributed by atoms with E-state index in [0.29, 0.717) is 30.9 Å². The molecule has 0 saturated heterocycles. The van der Waals surface area contributed by atoms with E-state index in [1.165, 1.54) is 6.21 Å². The highest BCUT2D eigenvalue weighted by molar-refractivity contribution is 6.35. The Morgan fingerprint density at radius 1 is 1.24 bits per heavy atom. The first-order valence-electron chi connectivity index (χ1n) is 6.42. The summed E-state index contributed by atoms with van der Waals surface area (Å²) in [7, 11) is 3.11. The van der Waals surface area contributed by atoms with Gasteiger partial charge >= 0.3 is 11.8 Å². The molecule has 0 aromatic heterocycles. The van der Waals surface area contributed by atoms with Gasteiger partial charge in [0.15, 0.2) is 0 Å². The molecule has 0 aliphatic rings. The summed E-state index contributed by atoms with van der Waals surface area (Å²) < 4.78 is 9.96. The molecule has 0 aliphatic heterocycles. The van der Waals surface area contributed by atoms with Crippen LogP contribution in [0.5, 0.6) is 5.75 Å². The number of benzene rings is 1. The van der Waals surface area contributed by atoms with E-state index in [4.69, 9.17) is 9.47 Å². The van der Waals surface area contributed by atoms with Crippen molar-refractivity contribution in [3.8, 4) is 5.75 Å². The van der Waals surface area contributed by atoms with Crippen LogP contribution in [0.2, 0.25) is 0 Å². The third-order valence-electron chi connectivity index (χ3n) is 2.53. The molecule has 0 bridgehead atoms. The fourth-order valence-corrected chi connectivity index (χ4v) is 1.48. The maximum Gasteiger partial charge on any atom is 0.329 e. The van der Waals surface area contributed by atoms with Crippen LogP contribution in [-0.2, 0) is 14.3 Å². The molecule has 0 fully saturated rings. The van der Waals surface area contributed by atoms with Gasteiger partial charge in [0.05, 0.1) is 13.3 Å². The van der Waals surface area contributed by atoms with Crippen molar-refractivity contribution in [1.29, 1.82) is 0 Å². The van der Waals surface area contributed by atoms with Crippen molar-refractivity contribution in [2.45, 2.75) is 6.42 Å². The maximum absolute atomic E-state index is 11.5. The number of hydrogen-bond acceptors (Lipinski definition) is 5. The molecule has 1 aromatic rings. The molecule has 0 spiro atoms. The highest BCUT2D eigenvalue weighted by Gasteiger charge is 2.11. The molecule has 0 unspecified atom stereocenters. The number of hydrazone groups is 1. The number of nitrogens with zero attached hydrogens (tertiary/aromatic N) is 1. The largest absolute Gasteiger partial charge is 0.496 e. The van der Waals surface area contributed by atoms with E-state index in [-0.39, 0.29) is 0 Å². The molecule has 7 nitrogen and oxygen atoms in total. The van der Waals surface area contributed by atoms with Crippen molar-refractivity contribution < 1.29 is 19.1 Å². The molecule has 1 aromatic carbocycles. The van der Waals surface area contributed by atoms with Crippen molar-refractivity contribution in [3.63, 3.8) is 0 Å². The van der Waals surface area contributed by atoms with Crippen LogP contribution in [0.25, 0.3) is 0 Å². The van der Waals surface area contributed by atoms with Crippen LogP contribution in [0, 0.1) is 0 Å². The highest BCUT2D eigenvalue weighted by atomic mass is 16.5. The number of para-hydroxylation sites is 1. The summed E-state index contributed by atoms with van der Waals surface area (Å²) in [5.41, 5.74) is 2.85. The van der Waals surface area contributed by atoms with Crippen molar-refractivity contribution in [2.75, 3.05) is 27.4 Å². The Labute approximate surface area is 123 Å². The quantitative estimate of drug-likeness (QED) is 0.327. The molecule has 0 aliphatic carbocycles. The van der Waals surface area contributed by atoms with Gasteiger partial charge in [-0.2, -0.15) is 5.10 Å². The van der Waals surface area contributed by atoms with Gasteiger partial charge in [0, 0.05) is 25.8 Å². The van der Waals surface area contributed by atoms with Crippen LogP contribution in [-0.4, -0.2) is 45.4 Å². The fourth-order valence-electron chi connectivity index (χ4n) is 1.48. The lowest BCUT2D eigenvalue weighted by molar-refractivity contribution is -0.139. The third kappa shape index (κ3) is 6.05. The van der Waals surface area contributed by atoms with Crippen LogP contribution in [0.1, 0.15) is 12.0 Å². The van der Waals surface area contributed by atoms with Gasteiger partial charge in [-0.3, -0.25) is 9.59 Å². The number of rotatable bonds is 7. The second kappa shape index (κ2) is 9.49. The minimum Gasteiger partial charge on any atom is -0.496 e. The molecule has 2 amide bonds. The SMILES string of the molecule is COCCCNC(=O)C(=O)N/N=C/c1ccccc1OC. The van der Waals surface area contributed by atoms with Gasteiger partial charge in [0.1, 0.15) is 5.75 Å². The minimum absolute atomic E-state index is 0.371. The van der Waals surface area contributed by atoms with Gasteiger partial charge in [-0.15, -0.1) is 0 Å². The number of carbonyl (C=O) groups excluding carboxylic acids is 2. The summed E-state index contributed by atoms with van der Waals surface area (Å²) in [4.78, 5) is 22.9. The van der Waals surface area contributed by atoms with Gasteiger partial charge in [-0.05, 0) is 18.6 Å². The van der Waals surface area contributed by atoms with E-state index >= 15 is 0 Å². The summed E-state index contributed by atoms with van der Waals surface area (Å²) in [5.74, 6) is -0.929. The summed E-state index contributed by atoms with van der Waals surface area (Å²) >= 11 is 0. The first-order chi connectivity index (χ1) is 10.2. The topological polar surface area (TPSA) is 89.0 Å². The van der Waals surface area contributed by atoms with Crippen molar-refractivity contribution in [2.24, 2.45) is 5.10 Å². The van der Waals surface area contributed by atoms with E-state index in [1.54, 1.807) is 26.4 Å². The summed E-state index contributed by atoms with van der Waals surface area (Å²) in [6.07, 6.45) is 2.05. The predicted molar refractivity (Wildman–Crippen MR) is 78.2 cm³/mol. The molecule has 0 atom stereocenters. The molecular weight excluding hydrogens is 274 g/mol. The third-order valence-corrected chi connectivity index (χ3v) is 2.53. The second-order valence-electron chi connectivity index (χ2n) is 4.04. The van der Waals surface area contributed by atoms with Gasteiger partial charge in [0.25, 0.3) is 0 Å². The van der Waals surface area contributed by atoms with Crippen LogP contribution in [0.15, 0.2) is 29.4 Å². The highest BCUT2D eigenvalue weighted by Crippen LogP contribution is 2.14. The molecule has 7 heteroatoms. The average molecular weight is 293 g/mol. The molecule has 0 radical (unpaired) electrons. The van der Waals surface area contributed by atoms with Gasteiger partial charge in [0.2, 0.25) is 0 Å². The van der Waals surface area contributed by atoms with E-state index in [1.807, 2.05) is 12.1 Å². The lowest BCUT2D eigenvalue weighted by Gasteiger charge is -2.04. The van der Waals surface area contributed by atoms with Gasteiger partial charge < -0.3 is 14.8 Å². The van der Waals surface area contributed by atoms with Crippen molar-refractivity contribution in [1.82, 2.24) is 10.7 Å². The fraction of sp³-hybridized carbons (Fsp3) is 0.357. The molecular formula is C14H19N3O4. The molecule has 0 saturated carbocycles. The zero-order valence-corrected chi connectivity index (χ0v) is 12.1. The monoisotopic (exact) mass is 293 g/mol. The number of amides is 2. The molecule has 2 N–H and O–H groups in total. The standard InChI is InChI=1S/C14H19N3O4/c1-20-9-5-8-15-13(18)14(19)17-16-10-11-6-3-4-7-12(11)21-2/h3-4,6-7,10H,5,8-9H2,1-2H3,(H,15,18)(H,17,19)/b16-10+. The summed E-state index contributed by atoms with van der Waals surface area (Å²) in [5, 5.41) is 6.18. The van der Waals surface area contributed by atoms with Crippen LogP contribution in [0.3, 0.4) is 0 Å². The molecule has 0 heterocycles. The Bertz CT molecular complexity index is 503. The predicted octanol–water partition coefficient (Wildman–Crippen LogP) is 0.298. The Morgan fingerprint density at radius 2 is 2.00 bits per heavy atom. The number of hydrogen-bond donors (Lipinski definition) is 2. The lowest BCUT2D eigenvalue weighted by Crippen LogP contribution is -2.38. The average Bonchev–Trinajstić information content (AvgIpc) is 2.51. The van der Waals surface area contributed by atoms with Crippen LogP contribution in [0.4, 0.5) is 0 Å². The van der Waals surface area contributed by atoms with E-state index in [2.05, 4.69) is 15.8 Å². The minimum atomic E-state index is -0.821. The van der Waals surface area contributed by atoms with Crippen molar-refractivity contribution in [3.05, 3.63) is 29.8 Å². The Hall–Kier alpha value is -2.41. The first-order valence-corrected chi connectivity index (χ1v) is 6.42. The summed E-state index contributed by atoms with van der Waals surface area (Å²) in [6, 6.07) is 7.18. The Balaban J connectivity index is 2.41. The number of ether oxygens (including phenoxy) is 2. The normalized spacial score (nSPS) is 10.4. The zero-order chi connectivity index (χ0) is 15.5. The van der Waals surface area contributed by atoms with Gasteiger partial charge in [-0.1, -0.05) is 12.1 Å². The maximum atomic E-state index is 11.5. The number of methoxy groups -OCH3 is 2.